The zero-order valence-electron chi connectivity index (χ0n) is 12.8. The molecule has 2 aromatic heterocycles. The minimum absolute atomic E-state index is 0.0417. The number of hydrogen-bond acceptors (Lipinski definition) is 4. The van der Waals surface area contributed by atoms with Crippen LogP contribution in [0.1, 0.15) is 41.0 Å². The van der Waals surface area contributed by atoms with Gasteiger partial charge < -0.3 is 10.6 Å². The van der Waals surface area contributed by atoms with Crippen LogP contribution < -0.4 is 5.73 Å². The standard InChI is InChI=1S/C15H22N4OS/c1-9-11-12(16)13(21-15(11)19(3)17-9)14(20)18(2)8-10-6-4-5-7-10/h10H,4-8,16H2,1-3H3. The number of carbonyl (C=O) groups excluding carboxylic acids is 1. The predicted molar refractivity (Wildman–Crippen MR) is 86.7 cm³/mol. The minimum Gasteiger partial charge on any atom is -0.397 e. The monoisotopic (exact) mass is 306 g/mol. The van der Waals surface area contributed by atoms with Gasteiger partial charge in [-0.05, 0) is 25.7 Å². The molecule has 6 heteroatoms. The first-order valence-electron chi connectivity index (χ1n) is 7.46. The summed E-state index contributed by atoms with van der Waals surface area (Å²) in [5, 5.41) is 5.29. The fraction of sp³-hybridized carbons (Fsp3) is 0.600. The first-order chi connectivity index (χ1) is 9.99. The highest BCUT2D eigenvalue weighted by atomic mass is 32.1. The highest BCUT2D eigenvalue weighted by Crippen LogP contribution is 2.36. The van der Waals surface area contributed by atoms with Crippen LogP contribution in [-0.4, -0.2) is 34.2 Å². The van der Waals surface area contributed by atoms with E-state index in [2.05, 4.69) is 5.10 Å². The molecule has 2 N–H and O–H groups in total. The van der Waals surface area contributed by atoms with Gasteiger partial charge in [-0.2, -0.15) is 5.10 Å². The average molecular weight is 306 g/mol. The van der Waals surface area contributed by atoms with Crippen LogP contribution in [0, 0.1) is 12.8 Å². The summed E-state index contributed by atoms with van der Waals surface area (Å²) in [5.74, 6) is 0.693. The van der Waals surface area contributed by atoms with Crippen molar-refractivity contribution in [2.45, 2.75) is 32.6 Å². The van der Waals surface area contributed by atoms with Gasteiger partial charge in [-0.3, -0.25) is 9.48 Å². The van der Waals surface area contributed by atoms with Crippen molar-refractivity contribution in [3.63, 3.8) is 0 Å². The molecule has 1 amide bonds. The number of nitrogens with zero attached hydrogens (tertiary/aromatic N) is 3. The number of hydrogen-bond donors (Lipinski definition) is 1. The van der Waals surface area contributed by atoms with Crippen LogP contribution >= 0.6 is 11.3 Å². The minimum atomic E-state index is 0.0417. The Hall–Kier alpha value is -1.56. The Morgan fingerprint density at radius 1 is 1.48 bits per heavy atom. The number of nitrogen functional groups attached to an aromatic ring is 1. The van der Waals surface area contributed by atoms with Crippen molar-refractivity contribution in [3.05, 3.63) is 10.6 Å². The van der Waals surface area contributed by atoms with Crippen LogP contribution in [-0.2, 0) is 7.05 Å². The lowest BCUT2D eigenvalue weighted by Gasteiger charge is -2.20. The van der Waals surface area contributed by atoms with Crippen LogP contribution in [0.25, 0.3) is 10.2 Å². The van der Waals surface area contributed by atoms with E-state index in [1.165, 1.54) is 37.0 Å². The smallest absolute Gasteiger partial charge is 0.265 e. The molecular weight excluding hydrogens is 284 g/mol. The Labute approximate surface area is 128 Å². The van der Waals surface area contributed by atoms with Crippen LogP contribution in [0.2, 0.25) is 0 Å². The fourth-order valence-electron chi connectivity index (χ4n) is 3.32. The van der Waals surface area contributed by atoms with Crippen molar-refractivity contribution in [1.29, 1.82) is 0 Å². The maximum absolute atomic E-state index is 12.7. The van der Waals surface area contributed by atoms with Crippen molar-refractivity contribution in [1.82, 2.24) is 14.7 Å². The van der Waals surface area contributed by atoms with Gasteiger partial charge in [-0.1, -0.05) is 12.8 Å². The van der Waals surface area contributed by atoms with Gasteiger partial charge >= 0.3 is 0 Å². The zero-order chi connectivity index (χ0) is 15.1. The fourth-order valence-corrected chi connectivity index (χ4v) is 4.51. The van der Waals surface area contributed by atoms with Gasteiger partial charge in [-0.25, -0.2) is 0 Å². The molecule has 1 aliphatic rings. The number of rotatable bonds is 3. The van der Waals surface area contributed by atoms with Crippen molar-refractivity contribution in [2.75, 3.05) is 19.3 Å². The van der Waals surface area contributed by atoms with Crippen LogP contribution in [0.5, 0.6) is 0 Å². The summed E-state index contributed by atoms with van der Waals surface area (Å²) in [4.78, 5) is 16.1. The summed E-state index contributed by atoms with van der Waals surface area (Å²) >= 11 is 1.45. The number of amides is 1. The van der Waals surface area contributed by atoms with E-state index in [9.17, 15) is 4.79 Å². The molecular formula is C15H22N4OS. The summed E-state index contributed by atoms with van der Waals surface area (Å²) in [6.45, 7) is 2.77. The van der Waals surface area contributed by atoms with Crippen molar-refractivity contribution >= 4 is 33.1 Å². The van der Waals surface area contributed by atoms with E-state index < -0.39 is 0 Å². The van der Waals surface area contributed by atoms with E-state index in [1.54, 1.807) is 4.68 Å². The Morgan fingerprint density at radius 3 is 2.76 bits per heavy atom. The molecule has 3 rings (SSSR count). The molecule has 0 atom stereocenters. The Morgan fingerprint density at radius 2 is 2.14 bits per heavy atom. The third-order valence-corrected chi connectivity index (χ3v) is 5.69. The number of nitrogens with two attached hydrogens (primary N) is 1. The second-order valence-electron chi connectivity index (χ2n) is 6.07. The number of aryl methyl sites for hydroxylation is 2. The van der Waals surface area contributed by atoms with Crippen LogP contribution in [0.4, 0.5) is 5.69 Å². The van der Waals surface area contributed by atoms with Crippen molar-refractivity contribution in [3.8, 4) is 0 Å². The third kappa shape index (κ3) is 2.41. The molecule has 0 radical (unpaired) electrons. The van der Waals surface area contributed by atoms with Crippen molar-refractivity contribution in [2.24, 2.45) is 13.0 Å². The highest BCUT2D eigenvalue weighted by molar-refractivity contribution is 7.21. The van der Waals surface area contributed by atoms with Gasteiger partial charge in [0.25, 0.3) is 5.91 Å². The topological polar surface area (TPSA) is 64.2 Å². The van der Waals surface area contributed by atoms with Gasteiger partial charge in [0, 0.05) is 20.6 Å². The maximum Gasteiger partial charge on any atom is 0.265 e. The summed E-state index contributed by atoms with van der Waals surface area (Å²) < 4.78 is 1.81. The number of thiophene rings is 1. The number of aromatic nitrogens is 2. The molecule has 1 aliphatic carbocycles. The normalized spacial score (nSPS) is 16.0. The number of fused-ring (bicyclic) bond motifs is 1. The number of carbonyl (C=O) groups is 1. The summed E-state index contributed by atoms with van der Waals surface area (Å²) in [7, 11) is 3.78. The zero-order valence-corrected chi connectivity index (χ0v) is 13.7. The van der Waals surface area contributed by atoms with Gasteiger partial charge in [0.15, 0.2) is 0 Å². The van der Waals surface area contributed by atoms with Crippen LogP contribution in [0.3, 0.4) is 0 Å². The summed E-state index contributed by atoms with van der Waals surface area (Å²) in [5.41, 5.74) is 7.68. The maximum atomic E-state index is 12.7. The second kappa shape index (κ2) is 5.33. The second-order valence-corrected chi connectivity index (χ2v) is 7.07. The molecule has 2 aromatic rings. The van der Waals surface area contributed by atoms with Crippen LogP contribution in [0.15, 0.2) is 0 Å². The Balaban J connectivity index is 1.87. The van der Waals surface area contributed by atoms with E-state index in [0.717, 1.165) is 22.5 Å². The molecule has 0 spiro atoms. The van der Waals surface area contributed by atoms with E-state index in [4.69, 9.17) is 5.73 Å². The Bertz CT molecular complexity index is 681. The number of anilines is 1. The molecule has 21 heavy (non-hydrogen) atoms. The summed E-state index contributed by atoms with van der Waals surface area (Å²) in [6.07, 6.45) is 5.07. The van der Waals surface area contributed by atoms with Crippen molar-refractivity contribution < 1.29 is 4.79 Å². The molecule has 0 unspecified atom stereocenters. The molecule has 1 fully saturated rings. The lowest BCUT2D eigenvalue weighted by Crippen LogP contribution is -2.31. The molecule has 1 saturated carbocycles. The first kappa shape index (κ1) is 14.4. The Kier molecular flexibility index (Phi) is 3.65. The largest absolute Gasteiger partial charge is 0.397 e. The van der Waals surface area contributed by atoms with Gasteiger partial charge in [-0.15, -0.1) is 11.3 Å². The van der Waals surface area contributed by atoms with Gasteiger partial charge in [0.05, 0.1) is 16.8 Å². The van der Waals surface area contributed by atoms with Gasteiger partial charge in [0.2, 0.25) is 0 Å². The quantitative estimate of drug-likeness (QED) is 0.948. The molecule has 0 aliphatic heterocycles. The summed E-state index contributed by atoms with van der Waals surface area (Å²) in [6, 6.07) is 0. The SMILES string of the molecule is Cc1nn(C)c2sc(C(=O)N(C)CC3CCCC3)c(N)c12. The molecule has 2 heterocycles. The van der Waals surface area contributed by atoms with E-state index in [0.29, 0.717) is 16.5 Å². The van der Waals surface area contributed by atoms with E-state index >= 15 is 0 Å². The van der Waals surface area contributed by atoms with E-state index in [1.807, 2.05) is 25.9 Å². The van der Waals surface area contributed by atoms with E-state index in [-0.39, 0.29) is 5.91 Å². The molecule has 0 saturated heterocycles. The third-order valence-electron chi connectivity index (χ3n) is 4.43. The molecule has 5 nitrogen and oxygen atoms in total. The lowest BCUT2D eigenvalue weighted by molar-refractivity contribution is 0.0779. The highest BCUT2D eigenvalue weighted by Gasteiger charge is 2.25. The predicted octanol–water partition coefficient (Wildman–Crippen LogP) is 2.79. The molecule has 0 aromatic carbocycles. The first-order valence-corrected chi connectivity index (χ1v) is 8.27. The molecule has 0 bridgehead atoms. The lowest BCUT2D eigenvalue weighted by atomic mass is 10.1. The molecule has 114 valence electrons. The van der Waals surface area contributed by atoms with Gasteiger partial charge in [0.1, 0.15) is 9.71 Å². The average Bonchev–Trinajstić information content (AvgIpc) is 3.10.